The van der Waals surface area contributed by atoms with Gasteiger partial charge in [-0.3, -0.25) is 9.36 Å². The van der Waals surface area contributed by atoms with E-state index in [0.29, 0.717) is 16.4 Å². The maximum atomic E-state index is 12.9. The molecular formula is C17H11ClNO4-. The molecule has 1 aromatic carbocycles. The summed E-state index contributed by atoms with van der Waals surface area (Å²) >= 11 is 6.09. The van der Waals surface area contributed by atoms with Crippen molar-refractivity contribution in [3.05, 3.63) is 67.4 Å². The zero-order chi connectivity index (χ0) is 16.5. The minimum atomic E-state index is -0.761. The fraction of sp³-hybridized carbons (Fsp3) is 0.176. The molecule has 4 rings (SSSR count). The summed E-state index contributed by atoms with van der Waals surface area (Å²) in [5.74, 6) is -0.628. The topological polar surface area (TPSA) is 75.3 Å². The van der Waals surface area contributed by atoms with Crippen LogP contribution in [0.25, 0.3) is 16.7 Å². The van der Waals surface area contributed by atoms with E-state index in [9.17, 15) is 14.7 Å². The van der Waals surface area contributed by atoms with E-state index >= 15 is 0 Å². The molecule has 3 aromatic rings. The number of halogens is 1. The molecule has 0 aliphatic carbocycles. The van der Waals surface area contributed by atoms with Gasteiger partial charge in [0, 0.05) is 28.3 Å². The number of rotatable bonds is 0. The van der Waals surface area contributed by atoms with E-state index in [1.54, 1.807) is 18.2 Å². The molecule has 6 heteroatoms. The molecule has 0 spiro atoms. The summed E-state index contributed by atoms with van der Waals surface area (Å²) in [7, 11) is 0. The van der Waals surface area contributed by atoms with Crippen LogP contribution in [-0.4, -0.2) is 4.57 Å². The van der Waals surface area contributed by atoms with Crippen LogP contribution in [0.3, 0.4) is 0 Å². The van der Waals surface area contributed by atoms with Crippen molar-refractivity contribution in [1.82, 2.24) is 4.57 Å². The van der Waals surface area contributed by atoms with Gasteiger partial charge in [-0.1, -0.05) is 31.2 Å². The van der Waals surface area contributed by atoms with Crippen LogP contribution in [0.15, 0.2) is 44.3 Å². The average molecular weight is 329 g/mol. The quantitative estimate of drug-likeness (QED) is 0.634. The Hall–Kier alpha value is -2.53. The highest BCUT2D eigenvalue weighted by molar-refractivity contribution is 6.30. The van der Waals surface area contributed by atoms with Gasteiger partial charge in [0.15, 0.2) is 0 Å². The number of pyridine rings is 1. The molecular weight excluding hydrogens is 318 g/mol. The number of aromatic nitrogens is 1. The maximum absolute atomic E-state index is 12.9. The molecule has 0 atom stereocenters. The van der Waals surface area contributed by atoms with Gasteiger partial charge in [0.1, 0.15) is 5.58 Å². The lowest BCUT2D eigenvalue weighted by atomic mass is 9.83. The van der Waals surface area contributed by atoms with Gasteiger partial charge in [0.25, 0.3) is 5.56 Å². The molecule has 1 aliphatic rings. The fourth-order valence-electron chi connectivity index (χ4n) is 3.25. The van der Waals surface area contributed by atoms with E-state index < -0.39 is 22.3 Å². The molecule has 2 aromatic heterocycles. The zero-order valence-corrected chi connectivity index (χ0v) is 13.1. The van der Waals surface area contributed by atoms with Crippen molar-refractivity contribution < 1.29 is 9.52 Å². The van der Waals surface area contributed by atoms with Gasteiger partial charge in [-0.2, -0.15) is 0 Å². The van der Waals surface area contributed by atoms with Gasteiger partial charge >= 0.3 is 5.63 Å². The lowest BCUT2D eigenvalue weighted by molar-refractivity contribution is -0.266. The summed E-state index contributed by atoms with van der Waals surface area (Å²) < 4.78 is 6.56. The first-order valence-electron chi connectivity index (χ1n) is 7.02. The molecule has 0 bridgehead atoms. The van der Waals surface area contributed by atoms with Crippen LogP contribution in [0.5, 0.6) is 5.75 Å². The second-order valence-corrected chi connectivity index (χ2v) is 6.56. The number of hydrogen-bond donors (Lipinski definition) is 0. The van der Waals surface area contributed by atoms with Crippen LogP contribution in [0.4, 0.5) is 0 Å². The monoisotopic (exact) mass is 328 g/mol. The minimum absolute atomic E-state index is 0.0192. The van der Waals surface area contributed by atoms with Crippen molar-refractivity contribution in [2.45, 2.75) is 19.3 Å². The predicted molar refractivity (Wildman–Crippen MR) is 84.7 cm³/mol. The highest BCUT2D eigenvalue weighted by Crippen LogP contribution is 2.43. The van der Waals surface area contributed by atoms with E-state index in [-0.39, 0.29) is 11.0 Å². The third kappa shape index (κ3) is 1.74. The second kappa shape index (κ2) is 4.26. The highest BCUT2D eigenvalue weighted by Gasteiger charge is 2.37. The van der Waals surface area contributed by atoms with Crippen molar-refractivity contribution in [1.29, 1.82) is 0 Å². The van der Waals surface area contributed by atoms with Gasteiger partial charge in [0.2, 0.25) is 0 Å². The van der Waals surface area contributed by atoms with Gasteiger partial charge in [0.05, 0.1) is 11.1 Å². The fourth-order valence-corrected chi connectivity index (χ4v) is 3.42. The molecule has 0 saturated heterocycles. The lowest BCUT2D eigenvalue weighted by Gasteiger charge is -2.20. The van der Waals surface area contributed by atoms with E-state index in [1.165, 1.54) is 4.57 Å². The highest BCUT2D eigenvalue weighted by atomic mass is 35.5. The Bertz CT molecular complexity index is 1110. The van der Waals surface area contributed by atoms with Gasteiger partial charge in [-0.25, -0.2) is 4.79 Å². The van der Waals surface area contributed by atoms with Crippen molar-refractivity contribution in [2.24, 2.45) is 0 Å². The SMILES string of the molecule is CC1(C)c2cc(Cl)ccc2-n2c1cc1oc(=O)cc([O-])c1c2=O. The Kier molecular flexibility index (Phi) is 2.61. The molecule has 0 fully saturated rings. The van der Waals surface area contributed by atoms with Crippen LogP contribution >= 0.6 is 11.6 Å². The summed E-state index contributed by atoms with van der Waals surface area (Å²) in [6.45, 7) is 3.90. The van der Waals surface area contributed by atoms with Crippen LogP contribution < -0.4 is 16.3 Å². The van der Waals surface area contributed by atoms with Gasteiger partial charge in [-0.15, -0.1) is 0 Å². The minimum Gasteiger partial charge on any atom is -0.872 e. The average Bonchev–Trinajstić information content (AvgIpc) is 2.67. The van der Waals surface area contributed by atoms with Crippen LogP contribution in [0, 0.1) is 0 Å². The molecule has 0 radical (unpaired) electrons. The molecule has 5 nitrogen and oxygen atoms in total. The van der Waals surface area contributed by atoms with Crippen molar-refractivity contribution in [3.63, 3.8) is 0 Å². The smallest absolute Gasteiger partial charge is 0.335 e. The number of fused-ring (bicyclic) bond motifs is 4. The first-order chi connectivity index (χ1) is 10.8. The second-order valence-electron chi connectivity index (χ2n) is 6.13. The predicted octanol–water partition coefficient (Wildman–Crippen LogP) is 2.31. The summed E-state index contributed by atoms with van der Waals surface area (Å²) in [5, 5.41) is 12.5. The van der Waals surface area contributed by atoms with Crippen molar-refractivity contribution >= 4 is 22.6 Å². The lowest BCUT2D eigenvalue weighted by Crippen LogP contribution is -2.24. The molecule has 0 amide bonds. The maximum Gasteiger partial charge on any atom is 0.335 e. The van der Waals surface area contributed by atoms with E-state index in [2.05, 4.69) is 0 Å². The Balaban J connectivity index is 2.24. The Morgan fingerprint density at radius 3 is 2.65 bits per heavy atom. The molecule has 3 heterocycles. The summed E-state index contributed by atoms with van der Waals surface area (Å²) in [4.78, 5) is 24.3. The van der Waals surface area contributed by atoms with Crippen molar-refractivity contribution in [3.8, 4) is 11.4 Å². The standard InChI is InChI=1S/C17H12ClNO4/c1-17(2)9-5-8(18)3-4-10(9)19-13(17)7-12-15(16(19)22)11(20)6-14(21)23-12/h3-7,20H,1-2H3/p-1. The van der Waals surface area contributed by atoms with Crippen LogP contribution in [-0.2, 0) is 5.41 Å². The number of hydrogen-bond acceptors (Lipinski definition) is 4. The molecule has 116 valence electrons. The molecule has 0 saturated carbocycles. The van der Waals surface area contributed by atoms with E-state index in [0.717, 1.165) is 11.6 Å². The Morgan fingerprint density at radius 1 is 1.17 bits per heavy atom. The normalized spacial score (nSPS) is 14.7. The summed E-state index contributed by atoms with van der Waals surface area (Å²) in [6, 6.07) is 7.65. The number of benzene rings is 1. The molecule has 0 unspecified atom stereocenters. The largest absolute Gasteiger partial charge is 0.872 e. The molecule has 23 heavy (non-hydrogen) atoms. The Labute approximate surface area is 135 Å². The van der Waals surface area contributed by atoms with E-state index in [1.807, 2.05) is 19.9 Å². The Morgan fingerprint density at radius 2 is 1.91 bits per heavy atom. The molecule has 0 N–H and O–H groups in total. The first kappa shape index (κ1) is 14.1. The zero-order valence-electron chi connectivity index (χ0n) is 12.3. The van der Waals surface area contributed by atoms with Crippen LogP contribution in [0.1, 0.15) is 25.1 Å². The third-order valence-electron chi connectivity index (χ3n) is 4.39. The van der Waals surface area contributed by atoms with Crippen molar-refractivity contribution in [2.75, 3.05) is 0 Å². The number of nitrogens with zero attached hydrogens (tertiary/aromatic N) is 1. The molecule has 1 aliphatic heterocycles. The van der Waals surface area contributed by atoms with Crippen LogP contribution in [0.2, 0.25) is 5.02 Å². The van der Waals surface area contributed by atoms with E-state index in [4.69, 9.17) is 16.0 Å². The summed E-state index contributed by atoms with van der Waals surface area (Å²) in [5.41, 5.74) is 0.486. The van der Waals surface area contributed by atoms with Gasteiger partial charge < -0.3 is 9.52 Å². The first-order valence-corrected chi connectivity index (χ1v) is 7.40. The van der Waals surface area contributed by atoms with Gasteiger partial charge in [-0.05, 0) is 23.8 Å². The summed E-state index contributed by atoms with van der Waals surface area (Å²) in [6.07, 6.45) is 0. The third-order valence-corrected chi connectivity index (χ3v) is 4.63.